The minimum absolute atomic E-state index is 0. The molecule has 0 bridgehead atoms. The maximum Gasteiger partial charge on any atom is 0 e. The van der Waals surface area contributed by atoms with Gasteiger partial charge >= 0.3 is 35.4 Å². The molecule has 13 heavy (non-hydrogen) atoms. The van der Waals surface area contributed by atoms with E-state index >= 15 is 0 Å². The van der Waals surface area contributed by atoms with Crippen molar-refractivity contribution in [2.75, 3.05) is 0 Å². The third-order valence-electron chi connectivity index (χ3n) is 0.337. The summed E-state index contributed by atoms with van der Waals surface area (Å²) in [6.45, 7) is 0. The van der Waals surface area contributed by atoms with Crippen molar-refractivity contribution in [3.05, 3.63) is 12.2 Å². The minimum atomic E-state index is 0. The van der Waals surface area contributed by atoms with Crippen LogP contribution >= 0.6 is 0 Å². The van der Waals surface area contributed by atoms with E-state index in [9.17, 15) is 0 Å². The Hall–Kier alpha value is 1.42. The molecule has 0 unspecified atom stereocenters. The number of allylic oxidation sites excluding steroid dienone is 2. The van der Waals surface area contributed by atoms with E-state index in [0.717, 1.165) is 0 Å². The first kappa shape index (κ1) is 63.0. The van der Waals surface area contributed by atoms with E-state index in [-0.39, 0.29) is 92.4 Å². The van der Waals surface area contributed by atoms with E-state index in [1.165, 1.54) is 0 Å². The molecule has 0 fully saturated rings. The second kappa shape index (κ2) is 50.2. The van der Waals surface area contributed by atoms with Crippen molar-refractivity contribution in [2.24, 2.45) is 0 Å². The molecule has 3 heteroatoms. The molecule has 0 saturated carbocycles. The summed E-state index contributed by atoms with van der Waals surface area (Å²) in [5, 5.41) is 0. The Morgan fingerprint density at radius 3 is 0.923 bits per heavy atom. The molecule has 1 aliphatic rings. The van der Waals surface area contributed by atoms with Crippen LogP contribution in [0.5, 0.6) is 0 Å². The van der Waals surface area contributed by atoms with Crippen molar-refractivity contribution in [3.8, 4) is 0 Å². The zero-order chi connectivity index (χ0) is 3.54. The standard InChI is InChI=1S/C4H2Se.6CH4.2Sn/c1-2-4-5-3-1;;;;;;;;/h1-2H;6*1H4;;. The summed E-state index contributed by atoms with van der Waals surface area (Å²) in [5.74, 6) is 0. The summed E-state index contributed by atoms with van der Waals surface area (Å²) >= 11 is 0.458. The Kier molecular flexibility index (Phi) is 244. The first-order valence-corrected chi connectivity index (χ1v) is 3.03. The summed E-state index contributed by atoms with van der Waals surface area (Å²) < 4.78 is 5.99. The Morgan fingerprint density at radius 2 is 0.846 bits per heavy atom. The van der Waals surface area contributed by atoms with Gasteiger partial charge in [0.1, 0.15) is 0 Å². The summed E-state index contributed by atoms with van der Waals surface area (Å²) in [7, 11) is 0. The Bertz CT molecular complexity index is 142. The van der Waals surface area contributed by atoms with Crippen LogP contribution in [0.4, 0.5) is 0 Å². The van der Waals surface area contributed by atoms with Crippen molar-refractivity contribution in [2.45, 2.75) is 44.6 Å². The topological polar surface area (TPSA) is 0 Å². The number of hydrogen-bond acceptors (Lipinski definition) is 0. The van der Waals surface area contributed by atoms with Gasteiger partial charge < -0.3 is 0 Å². The van der Waals surface area contributed by atoms with Gasteiger partial charge in [0.2, 0.25) is 0 Å². The normalized spacial score (nSPS) is 4.92. The predicted octanol–water partition coefficient (Wildman–Crippen LogP) is 2.67. The van der Waals surface area contributed by atoms with Crippen molar-refractivity contribution < 1.29 is 0 Å². The second-order valence-electron chi connectivity index (χ2n) is 0.671. The fourth-order valence-corrected chi connectivity index (χ4v) is 0.884. The summed E-state index contributed by atoms with van der Waals surface area (Å²) in [6.07, 6.45) is 3.81. The van der Waals surface area contributed by atoms with Gasteiger partial charge in [0.05, 0.1) is 0 Å². The second-order valence-corrected chi connectivity index (χ2v) is 2.09. The largest absolute Gasteiger partial charge is 0 e. The van der Waals surface area contributed by atoms with Gasteiger partial charge in [0, 0.05) is 47.8 Å². The zero-order valence-corrected chi connectivity index (χ0v) is 11.0. The van der Waals surface area contributed by atoms with E-state index in [0.29, 0.717) is 14.1 Å². The molecule has 0 saturated heterocycles. The third kappa shape index (κ3) is 42.5. The molecule has 0 amide bonds. The molecule has 1 heterocycles. The predicted molar refractivity (Wildman–Crippen MR) is 76.8 cm³/mol. The van der Waals surface area contributed by atoms with Crippen LogP contribution in [0.2, 0.25) is 0 Å². The van der Waals surface area contributed by atoms with E-state index in [1.807, 2.05) is 12.2 Å². The van der Waals surface area contributed by atoms with Crippen molar-refractivity contribution >= 4 is 71.0 Å². The van der Waals surface area contributed by atoms with E-state index < -0.39 is 0 Å². The molecule has 0 aromatic carbocycles. The van der Waals surface area contributed by atoms with Crippen molar-refractivity contribution in [3.63, 3.8) is 0 Å². The van der Waals surface area contributed by atoms with Crippen LogP contribution in [-0.2, 0) is 0 Å². The molecule has 0 aromatic rings. The van der Waals surface area contributed by atoms with Gasteiger partial charge in [-0.3, -0.25) is 0 Å². The molecule has 0 spiro atoms. The Labute approximate surface area is 126 Å². The van der Waals surface area contributed by atoms with Gasteiger partial charge in [-0.1, -0.05) is 44.6 Å². The fourth-order valence-electron chi connectivity index (χ4n) is 0.170. The van der Waals surface area contributed by atoms with Crippen LogP contribution in [0, 0.1) is 0 Å². The molecule has 0 aliphatic carbocycles. The summed E-state index contributed by atoms with van der Waals surface area (Å²) in [4.78, 5) is 0. The van der Waals surface area contributed by atoms with Crippen LogP contribution in [-0.4, -0.2) is 71.0 Å². The Morgan fingerprint density at radius 1 is 0.615 bits per heavy atom. The minimum Gasteiger partial charge on any atom is 0 e. The van der Waals surface area contributed by atoms with Gasteiger partial charge in [0.25, 0.3) is 0 Å². The first-order valence-electron chi connectivity index (χ1n) is 1.32. The molecule has 0 N–H and O–H groups in total. The van der Waals surface area contributed by atoms with E-state index in [1.54, 1.807) is 0 Å². The molecule has 80 valence electrons. The smallest absolute Gasteiger partial charge is 0 e. The average molecular weight is 463 g/mol. The first-order chi connectivity index (χ1) is 2.50. The van der Waals surface area contributed by atoms with Gasteiger partial charge in [-0.25, -0.2) is 0 Å². The maximum atomic E-state index is 2.99. The molecular weight excluding hydrogens is 436 g/mol. The van der Waals surface area contributed by atoms with E-state index in [2.05, 4.69) is 9.15 Å². The van der Waals surface area contributed by atoms with Gasteiger partial charge in [0.15, 0.2) is 0 Å². The molecule has 1 rings (SSSR count). The summed E-state index contributed by atoms with van der Waals surface area (Å²) in [6, 6.07) is 0. The maximum absolute atomic E-state index is 2.99. The average Bonchev–Trinajstić information content (AvgIpc) is 1.76. The number of hydrogen-bond donors (Lipinski definition) is 0. The number of rotatable bonds is 0. The van der Waals surface area contributed by atoms with Crippen LogP contribution < -0.4 is 0 Å². The van der Waals surface area contributed by atoms with Crippen LogP contribution in [0.25, 0.3) is 0 Å². The Balaban J connectivity index is -0.00000000521. The molecule has 0 aromatic heterocycles. The molecule has 8 radical (unpaired) electrons. The van der Waals surface area contributed by atoms with Gasteiger partial charge in [-0.05, 0) is 0 Å². The van der Waals surface area contributed by atoms with Crippen LogP contribution in [0.1, 0.15) is 44.6 Å². The monoisotopic (exact) mass is 466 g/mol. The fraction of sp³-hybridized carbons (Fsp3) is 0.600. The van der Waals surface area contributed by atoms with Crippen LogP contribution in [0.3, 0.4) is 0 Å². The SMILES string of the molecule is C.C.C.C.C.C.C1=CC=C=[Se]=1.[Sn].[Sn]. The van der Waals surface area contributed by atoms with Crippen LogP contribution in [0.15, 0.2) is 12.2 Å². The van der Waals surface area contributed by atoms with Crippen molar-refractivity contribution in [1.82, 2.24) is 0 Å². The zero-order valence-electron chi connectivity index (χ0n) is 3.56. The molecular formula is C10H26SeSn2. The quantitative estimate of drug-likeness (QED) is 0.486. The van der Waals surface area contributed by atoms with E-state index in [4.69, 9.17) is 0 Å². The van der Waals surface area contributed by atoms with Gasteiger partial charge in [-0.15, -0.1) is 0 Å². The molecule has 1 aliphatic heterocycles. The molecule has 0 nitrogen and oxygen atoms in total. The van der Waals surface area contributed by atoms with Gasteiger partial charge in [-0.2, -0.15) is 0 Å². The molecule has 0 atom stereocenters. The van der Waals surface area contributed by atoms with Crippen molar-refractivity contribution in [1.29, 1.82) is 0 Å². The summed E-state index contributed by atoms with van der Waals surface area (Å²) in [5.41, 5.74) is 0. The third-order valence-corrected chi connectivity index (χ3v) is 1.40.